The van der Waals surface area contributed by atoms with Crippen LogP contribution in [0.4, 0.5) is 0 Å². The lowest BCUT2D eigenvalue weighted by Crippen LogP contribution is -1.93. The molecule has 0 amide bonds. The Labute approximate surface area is 269 Å². The van der Waals surface area contributed by atoms with Gasteiger partial charge in [-0.3, -0.25) is 0 Å². The van der Waals surface area contributed by atoms with Crippen LogP contribution in [0.15, 0.2) is 158 Å². The van der Waals surface area contributed by atoms with E-state index in [9.17, 15) is 0 Å². The van der Waals surface area contributed by atoms with Gasteiger partial charge in [0.1, 0.15) is 0 Å². The minimum atomic E-state index is 1.03. The lowest BCUT2D eigenvalue weighted by Gasteiger charge is -2.12. The van der Waals surface area contributed by atoms with Crippen molar-refractivity contribution in [3.63, 3.8) is 0 Å². The maximum atomic E-state index is 5.23. The van der Waals surface area contributed by atoms with E-state index in [1.807, 2.05) is 11.3 Å². The zero-order valence-electron chi connectivity index (χ0n) is 24.8. The van der Waals surface area contributed by atoms with Gasteiger partial charge in [0.15, 0.2) is 0 Å². The Hall–Kier alpha value is -5.77. The van der Waals surface area contributed by atoms with Gasteiger partial charge in [-0.25, -0.2) is 4.98 Å². The lowest BCUT2D eigenvalue weighted by atomic mass is 9.96. The van der Waals surface area contributed by atoms with Crippen molar-refractivity contribution in [2.45, 2.75) is 0 Å². The van der Waals surface area contributed by atoms with Crippen molar-refractivity contribution in [3.8, 4) is 28.1 Å². The molecule has 0 aliphatic rings. The fourth-order valence-electron chi connectivity index (χ4n) is 7.26. The summed E-state index contributed by atoms with van der Waals surface area (Å²) < 4.78 is 5.01. The van der Waals surface area contributed by atoms with Gasteiger partial charge in [-0.15, -0.1) is 11.3 Å². The smallest absolute Gasteiger partial charge is 0.0788 e. The fraction of sp³-hybridized carbons (Fsp3) is 0. The molecule has 10 rings (SSSR count). The van der Waals surface area contributed by atoms with Gasteiger partial charge < -0.3 is 4.57 Å². The van der Waals surface area contributed by atoms with Crippen LogP contribution in [-0.2, 0) is 0 Å². The number of hydrogen-bond donors (Lipinski definition) is 0. The minimum absolute atomic E-state index is 1.03. The van der Waals surface area contributed by atoms with Gasteiger partial charge in [0.05, 0.1) is 22.2 Å². The summed E-state index contributed by atoms with van der Waals surface area (Å²) >= 11 is 1.88. The van der Waals surface area contributed by atoms with Crippen LogP contribution in [0.2, 0.25) is 0 Å². The summed E-state index contributed by atoms with van der Waals surface area (Å²) in [6, 6.07) is 57.0. The van der Waals surface area contributed by atoms with Crippen LogP contribution in [0.5, 0.6) is 0 Å². The molecule has 0 saturated heterocycles. The summed E-state index contributed by atoms with van der Waals surface area (Å²) in [4.78, 5) is 5.23. The Balaban J connectivity index is 1.08. The Morgan fingerprint density at radius 1 is 0.413 bits per heavy atom. The molecule has 0 saturated carbocycles. The van der Waals surface area contributed by atoms with Crippen molar-refractivity contribution >= 4 is 75.0 Å². The molecule has 0 atom stereocenters. The van der Waals surface area contributed by atoms with Gasteiger partial charge in [-0.2, -0.15) is 0 Å². The highest BCUT2D eigenvalue weighted by atomic mass is 32.1. The van der Waals surface area contributed by atoms with Gasteiger partial charge in [-0.1, -0.05) is 121 Å². The van der Waals surface area contributed by atoms with E-state index in [4.69, 9.17) is 4.98 Å². The molecule has 0 unspecified atom stereocenters. The summed E-state index contributed by atoms with van der Waals surface area (Å²) in [5.41, 5.74) is 9.18. The van der Waals surface area contributed by atoms with Crippen molar-refractivity contribution in [2.75, 3.05) is 0 Å². The van der Waals surface area contributed by atoms with E-state index < -0.39 is 0 Å². The number of fused-ring (bicyclic) bond motifs is 10. The van der Waals surface area contributed by atoms with Crippen molar-refractivity contribution in [1.82, 2.24) is 9.55 Å². The van der Waals surface area contributed by atoms with E-state index in [1.54, 1.807) is 0 Å². The first kappa shape index (κ1) is 25.5. The number of aromatic nitrogens is 2. The zero-order valence-corrected chi connectivity index (χ0v) is 25.6. The Kier molecular flexibility index (Phi) is 5.48. The second-order valence-corrected chi connectivity index (χ2v) is 13.0. The Bertz CT molecular complexity index is 2730. The van der Waals surface area contributed by atoms with Crippen LogP contribution in [0, 0.1) is 0 Å². The van der Waals surface area contributed by atoms with Gasteiger partial charge in [0.2, 0.25) is 0 Å². The fourth-order valence-corrected chi connectivity index (χ4v) is 8.53. The van der Waals surface area contributed by atoms with Gasteiger partial charge >= 0.3 is 0 Å². The van der Waals surface area contributed by atoms with Gasteiger partial charge in [0.25, 0.3) is 0 Å². The third-order valence-electron chi connectivity index (χ3n) is 9.40. The van der Waals surface area contributed by atoms with Crippen LogP contribution < -0.4 is 0 Å². The molecule has 214 valence electrons. The highest BCUT2D eigenvalue weighted by Crippen LogP contribution is 2.43. The predicted octanol–water partition coefficient (Wildman–Crippen LogP) is 12.2. The topological polar surface area (TPSA) is 17.8 Å². The first-order valence-electron chi connectivity index (χ1n) is 15.6. The van der Waals surface area contributed by atoms with E-state index >= 15 is 0 Å². The number of rotatable bonds is 3. The van der Waals surface area contributed by atoms with Crippen LogP contribution in [0.25, 0.3) is 91.7 Å². The molecule has 0 N–H and O–H groups in total. The maximum Gasteiger partial charge on any atom is 0.0788 e. The molecule has 7 aromatic carbocycles. The van der Waals surface area contributed by atoms with E-state index in [0.717, 1.165) is 22.5 Å². The van der Waals surface area contributed by atoms with Crippen LogP contribution in [0.1, 0.15) is 0 Å². The molecule has 46 heavy (non-hydrogen) atoms. The number of nitrogens with zero attached hydrogens (tertiary/aromatic N) is 2. The van der Waals surface area contributed by atoms with Crippen molar-refractivity contribution in [2.24, 2.45) is 0 Å². The maximum absolute atomic E-state index is 5.23. The Morgan fingerprint density at radius 2 is 0.957 bits per heavy atom. The molecule has 2 nitrogen and oxygen atoms in total. The number of hydrogen-bond acceptors (Lipinski definition) is 2. The molecular formula is C43H26N2S. The number of thiophene rings is 1. The highest BCUT2D eigenvalue weighted by molar-refractivity contribution is 7.26. The van der Waals surface area contributed by atoms with Crippen LogP contribution >= 0.6 is 11.3 Å². The molecule has 0 radical (unpaired) electrons. The molecule has 0 bridgehead atoms. The summed E-state index contributed by atoms with van der Waals surface area (Å²) in [5.74, 6) is 0. The van der Waals surface area contributed by atoms with Gasteiger partial charge in [0, 0.05) is 58.4 Å². The van der Waals surface area contributed by atoms with E-state index in [0.29, 0.717) is 0 Å². The quantitative estimate of drug-likeness (QED) is 0.184. The molecule has 3 heteroatoms. The monoisotopic (exact) mass is 602 g/mol. The zero-order chi connectivity index (χ0) is 30.2. The van der Waals surface area contributed by atoms with Crippen LogP contribution in [0.3, 0.4) is 0 Å². The molecular weight excluding hydrogens is 577 g/mol. The molecule has 3 aromatic heterocycles. The summed E-state index contributed by atoms with van der Waals surface area (Å²) in [5, 5.41) is 8.89. The molecule has 0 spiro atoms. The predicted molar refractivity (Wildman–Crippen MR) is 197 cm³/mol. The summed E-state index contributed by atoms with van der Waals surface area (Å²) in [6.45, 7) is 0. The second kappa shape index (κ2) is 9.87. The average Bonchev–Trinajstić information content (AvgIpc) is 3.67. The van der Waals surface area contributed by atoms with E-state index in [-0.39, 0.29) is 0 Å². The third-order valence-corrected chi connectivity index (χ3v) is 10.6. The number of pyridine rings is 1. The Morgan fingerprint density at radius 3 is 1.67 bits per heavy atom. The number of benzene rings is 7. The van der Waals surface area contributed by atoms with E-state index in [2.05, 4.69) is 162 Å². The third kappa shape index (κ3) is 3.73. The summed E-state index contributed by atoms with van der Waals surface area (Å²) in [7, 11) is 0. The van der Waals surface area contributed by atoms with Crippen molar-refractivity contribution in [1.29, 1.82) is 0 Å². The molecule has 0 aliphatic heterocycles. The second-order valence-electron chi connectivity index (χ2n) is 11.9. The SMILES string of the molecule is c1ccc2c(c1)nc(-c1ccc(-c3ccc(-n4c5ccccc5c5ccccc54)cc3)cc1)c1ccc3c4ccccc4sc3c12. The largest absolute Gasteiger partial charge is 0.309 e. The van der Waals surface area contributed by atoms with Crippen LogP contribution in [-0.4, -0.2) is 9.55 Å². The molecule has 10 aromatic rings. The van der Waals surface area contributed by atoms with E-state index in [1.165, 1.54) is 69.3 Å². The van der Waals surface area contributed by atoms with Gasteiger partial charge in [-0.05, 0) is 47.5 Å². The van der Waals surface area contributed by atoms with Crippen molar-refractivity contribution < 1.29 is 0 Å². The molecule has 0 fully saturated rings. The number of para-hydroxylation sites is 3. The standard InChI is InChI=1S/C43H26N2S/c1-5-13-37-35(12-1)41-36(26-25-34-33-11-4-8-16-40(33)46-43(34)41)42(44-37)29-19-17-27(18-20-29)28-21-23-30(24-22-28)45-38-14-6-2-9-31(38)32-10-3-7-15-39(32)45/h1-26H. The summed E-state index contributed by atoms with van der Waals surface area (Å²) in [6.07, 6.45) is 0. The molecule has 3 heterocycles. The first-order chi connectivity index (χ1) is 22.8. The molecule has 0 aliphatic carbocycles. The lowest BCUT2D eigenvalue weighted by molar-refractivity contribution is 1.18. The van der Waals surface area contributed by atoms with Crippen molar-refractivity contribution in [3.05, 3.63) is 158 Å². The average molecular weight is 603 g/mol. The normalized spacial score (nSPS) is 11.9. The first-order valence-corrected chi connectivity index (χ1v) is 16.5. The highest BCUT2D eigenvalue weighted by Gasteiger charge is 2.16. The minimum Gasteiger partial charge on any atom is -0.309 e.